The topological polar surface area (TPSA) is 20.2 Å². The number of aliphatic hydroxyl groups is 1. The molecule has 0 aliphatic heterocycles. The van der Waals surface area contributed by atoms with Crippen molar-refractivity contribution in [3.8, 4) is 0 Å². The second-order valence-corrected chi connectivity index (χ2v) is 6.36. The minimum Gasteiger partial charge on any atom is -0.388 e. The summed E-state index contributed by atoms with van der Waals surface area (Å²) in [5, 5.41) is 10.5. The summed E-state index contributed by atoms with van der Waals surface area (Å²) in [5.74, 6) is 1.09. The highest BCUT2D eigenvalue weighted by molar-refractivity contribution is 5.29. The molecule has 1 fully saturated rings. The highest BCUT2D eigenvalue weighted by atomic mass is 16.3. The first-order valence-corrected chi connectivity index (χ1v) is 8.07. The molecule has 0 heterocycles. The average Bonchev–Trinajstić information content (AvgIpc) is 2.46. The first-order chi connectivity index (χ1) is 10.2. The van der Waals surface area contributed by atoms with Gasteiger partial charge in [-0.25, -0.2) is 0 Å². The standard InChI is InChI=1S/C20H24O/c1-15(16-7-3-2-4-8-16)13-20(21)19-12-6-11-18(14-19)17-9-5-10-17/h2-4,6-8,11-12,14-15,17,20-21H,5,9-10,13H2,1H3. The summed E-state index contributed by atoms with van der Waals surface area (Å²) >= 11 is 0. The van der Waals surface area contributed by atoms with E-state index >= 15 is 0 Å². The molecule has 110 valence electrons. The number of hydrogen-bond acceptors (Lipinski definition) is 1. The van der Waals surface area contributed by atoms with Gasteiger partial charge in [-0.3, -0.25) is 0 Å². The van der Waals surface area contributed by atoms with E-state index in [1.54, 1.807) is 0 Å². The van der Waals surface area contributed by atoms with Crippen molar-refractivity contribution in [1.29, 1.82) is 0 Å². The second-order valence-electron chi connectivity index (χ2n) is 6.36. The van der Waals surface area contributed by atoms with Crippen molar-refractivity contribution in [3.63, 3.8) is 0 Å². The molecule has 2 atom stereocenters. The second kappa shape index (κ2) is 6.44. The van der Waals surface area contributed by atoms with E-state index in [9.17, 15) is 5.11 Å². The first kappa shape index (κ1) is 14.3. The molecule has 0 saturated heterocycles. The van der Waals surface area contributed by atoms with Crippen LogP contribution >= 0.6 is 0 Å². The lowest BCUT2D eigenvalue weighted by molar-refractivity contribution is 0.159. The quantitative estimate of drug-likeness (QED) is 0.800. The zero-order valence-electron chi connectivity index (χ0n) is 12.7. The van der Waals surface area contributed by atoms with Crippen molar-refractivity contribution in [1.82, 2.24) is 0 Å². The summed E-state index contributed by atoms with van der Waals surface area (Å²) in [7, 11) is 0. The predicted molar refractivity (Wildman–Crippen MR) is 87.5 cm³/mol. The Morgan fingerprint density at radius 1 is 1.00 bits per heavy atom. The molecule has 0 aromatic heterocycles. The summed E-state index contributed by atoms with van der Waals surface area (Å²) in [6.45, 7) is 2.19. The van der Waals surface area contributed by atoms with Gasteiger partial charge >= 0.3 is 0 Å². The first-order valence-electron chi connectivity index (χ1n) is 8.07. The maximum Gasteiger partial charge on any atom is 0.0795 e. The number of hydrogen-bond donors (Lipinski definition) is 1. The van der Waals surface area contributed by atoms with E-state index in [-0.39, 0.29) is 6.10 Å². The van der Waals surface area contributed by atoms with Gasteiger partial charge in [0.05, 0.1) is 6.10 Å². The van der Waals surface area contributed by atoms with Crippen molar-refractivity contribution < 1.29 is 5.11 Å². The highest BCUT2D eigenvalue weighted by Crippen LogP contribution is 2.37. The van der Waals surface area contributed by atoms with E-state index in [0.29, 0.717) is 5.92 Å². The molecule has 1 aliphatic rings. The SMILES string of the molecule is CC(CC(O)c1cccc(C2CCC2)c1)c1ccccc1. The lowest BCUT2D eigenvalue weighted by Crippen LogP contribution is -2.10. The maximum absolute atomic E-state index is 10.5. The molecule has 1 heteroatoms. The molecule has 2 aromatic carbocycles. The van der Waals surface area contributed by atoms with Gasteiger partial charge in [0, 0.05) is 0 Å². The molecule has 1 nitrogen and oxygen atoms in total. The van der Waals surface area contributed by atoms with Gasteiger partial charge in [0.25, 0.3) is 0 Å². The van der Waals surface area contributed by atoms with Crippen LogP contribution in [0, 0.1) is 0 Å². The lowest BCUT2D eigenvalue weighted by Gasteiger charge is -2.27. The molecule has 21 heavy (non-hydrogen) atoms. The zero-order valence-corrected chi connectivity index (χ0v) is 12.7. The minimum atomic E-state index is -0.375. The number of benzene rings is 2. The van der Waals surface area contributed by atoms with Crippen molar-refractivity contribution in [2.24, 2.45) is 0 Å². The molecule has 0 radical (unpaired) electrons. The van der Waals surface area contributed by atoms with E-state index in [1.165, 1.54) is 30.4 Å². The Bertz CT molecular complexity index is 571. The van der Waals surface area contributed by atoms with Gasteiger partial charge in [-0.05, 0) is 47.8 Å². The zero-order chi connectivity index (χ0) is 14.7. The maximum atomic E-state index is 10.5. The predicted octanol–water partition coefficient (Wildman–Crippen LogP) is 5.18. The van der Waals surface area contributed by atoms with E-state index in [1.807, 2.05) is 6.07 Å². The van der Waals surface area contributed by atoms with Gasteiger partial charge in [0.2, 0.25) is 0 Å². The molecule has 0 amide bonds. The highest BCUT2D eigenvalue weighted by Gasteiger charge is 2.21. The molecule has 0 spiro atoms. The van der Waals surface area contributed by atoms with E-state index < -0.39 is 0 Å². The molecular formula is C20H24O. The fourth-order valence-corrected chi connectivity index (χ4v) is 3.15. The van der Waals surface area contributed by atoms with Gasteiger partial charge in [0.15, 0.2) is 0 Å². The van der Waals surface area contributed by atoms with Crippen LogP contribution in [0.15, 0.2) is 54.6 Å². The summed E-state index contributed by atoms with van der Waals surface area (Å²) in [4.78, 5) is 0. The molecule has 2 unspecified atom stereocenters. The average molecular weight is 280 g/mol. The van der Waals surface area contributed by atoms with Gasteiger partial charge < -0.3 is 5.11 Å². The van der Waals surface area contributed by atoms with Crippen LogP contribution in [0.25, 0.3) is 0 Å². The fraction of sp³-hybridized carbons (Fsp3) is 0.400. The third-order valence-electron chi connectivity index (χ3n) is 4.82. The molecule has 1 saturated carbocycles. The smallest absolute Gasteiger partial charge is 0.0795 e. The van der Waals surface area contributed by atoms with Gasteiger partial charge in [-0.2, -0.15) is 0 Å². The van der Waals surface area contributed by atoms with E-state index in [4.69, 9.17) is 0 Å². The van der Waals surface area contributed by atoms with Crippen molar-refractivity contribution in [2.75, 3.05) is 0 Å². The molecule has 1 aliphatic carbocycles. The largest absolute Gasteiger partial charge is 0.388 e. The van der Waals surface area contributed by atoms with Crippen molar-refractivity contribution >= 4 is 0 Å². The van der Waals surface area contributed by atoms with Crippen LogP contribution in [0.3, 0.4) is 0 Å². The molecular weight excluding hydrogens is 256 g/mol. The third-order valence-corrected chi connectivity index (χ3v) is 4.82. The van der Waals surface area contributed by atoms with Crippen molar-refractivity contribution in [2.45, 2.75) is 50.5 Å². The Morgan fingerprint density at radius 3 is 2.38 bits per heavy atom. The lowest BCUT2D eigenvalue weighted by atomic mass is 9.79. The Kier molecular flexibility index (Phi) is 4.40. The Morgan fingerprint density at radius 2 is 1.71 bits per heavy atom. The summed E-state index contributed by atoms with van der Waals surface area (Å²) in [5.41, 5.74) is 3.78. The van der Waals surface area contributed by atoms with Gasteiger partial charge in [-0.15, -0.1) is 0 Å². The van der Waals surface area contributed by atoms with Crippen molar-refractivity contribution in [3.05, 3.63) is 71.3 Å². The van der Waals surface area contributed by atoms with Gasteiger partial charge in [0.1, 0.15) is 0 Å². The van der Waals surface area contributed by atoms with Crippen LogP contribution in [-0.4, -0.2) is 5.11 Å². The van der Waals surface area contributed by atoms with Crippen LogP contribution < -0.4 is 0 Å². The third kappa shape index (κ3) is 3.36. The monoisotopic (exact) mass is 280 g/mol. The molecule has 0 bridgehead atoms. The Labute approximate surface area is 127 Å². The Balaban J connectivity index is 1.68. The fourth-order valence-electron chi connectivity index (χ4n) is 3.15. The molecule has 3 rings (SSSR count). The minimum absolute atomic E-state index is 0.369. The summed E-state index contributed by atoms with van der Waals surface area (Å²) in [6, 6.07) is 19.0. The Hall–Kier alpha value is -1.60. The van der Waals surface area contributed by atoms with Crippen LogP contribution in [0.5, 0.6) is 0 Å². The van der Waals surface area contributed by atoms with Gasteiger partial charge in [-0.1, -0.05) is 67.9 Å². The number of rotatable bonds is 5. The van der Waals surface area contributed by atoms with Crippen LogP contribution in [0.4, 0.5) is 0 Å². The molecule has 2 aromatic rings. The van der Waals surface area contributed by atoms with E-state index in [2.05, 4.69) is 55.5 Å². The van der Waals surface area contributed by atoms with Crippen LogP contribution in [0.2, 0.25) is 0 Å². The summed E-state index contributed by atoms with van der Waals surface area (Å²) in [6.07, 6.45) is 4.36. The summed E-state index contributed by atoms with van der Waals surface area (Å²) < 4.78 is 0. The molecule has 1 N–H and O–H groups in total. The number of aliphatic hydroxyl groups excluding tert-OH is 1. The van der Waals surface area contributed by atoms with Crippen LogP contribution in [0.1, 0.15) is 67.2 Å². The van der Waals surface area contributed by atoms with E-state index in [0.717, 1.165) is 17.9 Å². The van der Waals surface area contributed by atoms with Crippen LogP contribution in [-0.2, 0) is 0 Å². The normalized spacial score (nSPS) is 18.0.